The Kier molecular flexibility index (Phi) is 6.43. The summed E-state index contributed by atoms with van der Waals surface area (Å²) in [5.41, 5.74) is 2.83. The van der Waals surface area contributed by atoms with Crippen molar-refractivity contribution in [2.45, 2.75) is 101 Å². The molecular formula is C29H36FNO2S. The van der Waals surface area contributed by atoms with E-state index in [1.807, 2.05) is 32.0 Å². The first-order valence-electron chi connectivity index (χ1n) is 12.9. The lowest BCUT2D eigenvalue weighted by atomic mass is 9.76. The van der Waals surface area contributed by atoms with Gasteiger partial charge in [-0.15, -0.1) is 0 Å². The molecule has 3 aliphatic carbocycles. The van der Waals surface area contributed by atoms with Gasteiger partial charge in [-0.05, 0) is 125 Å². The molecule has 3 nitrogen and oxygen atoms in total. The number of carbonyl (C=O) groups is 1. The minimum Gasteiger partial charge on any atom is -0.490 e. The van der Waals surface area contributed by atoms with Crippen LogP contribution in [0.5, 0.6) is 5.75 Å². The van der Waals surface area contributed by atoms with Crippen molar-refractivity contribution in [3.63, 3.8) is 0 Å². The van der Waals surface area contributed by atoms with Crippen molar-refractivity contribution >= 4 is 17.9 Å². The summed E-state index contributed by atoms with van der Waals surface area (Å²) in [6.45, 7) is 6.12. The van der Waals surface area contributed by atoms with E-state index < -0.39 is 5.41 Å². The predicted molar refractivity (Wildman–Crippen MR) is 138 cm³/mol. The van der Waals surface area contributed by atoms with E-state index in [1.165, 1.54) is 12.8 Å². The molecule has 2 aromatic carbocycles. The van der Waals surface area contributed by atoms with E-state index in [1.54, 1.807) is 24.1 Å². The average Bonchev–Trinajstić information content (AvgIpc) is 3.29. The second-order valence-corrected chi connectivity index (χ2v) is 12.6. The molecule has 3 saturated carbocycles. The minimum absolute atomic E-state index is 0.000468. The molecule has 1 N–H and O–H groups in total. The number of carbonyl (C=O) groups excluding carboxylic acids is 1. The lowest BCUT2D eigenvalue weighted by molar-refractivity contribution is -0.123. The van der Waals surface area contributed by atoms with Crippen LogP contribution in [0.2, 0.25) is 0 Å². The van der Waals surface area contributed by atoms with Gasteiger partial charge in [0.15, 0.2) is 0 Å². The summed E-state index contributed by atoms with van der Waals surface area (Å²) < 4.78 is 24.9. The van der Waals surface area contributed by atoms with Crippen LogP contribution in [0.15, 0.2) is 36.4 Å². The third kappa shape index (κ3) is 4.73. The molecule has 0 aliphatic heterocycles. The molecule has 3 aliphatic rings. The van der Waals surface area contributed by atoms with E-state index in [9.17, 15) is 4.79 Å². The summed E-state index contributed by atoms with van der Waals surface area (Å²) in [5.74, 6) is 0.925. The molecule has 0 heterocycles. The fourth-order valence-corrected chi connectivity index (χ4v) is 5.91. The highest BCUT2D eigenvalue weighted by Gasteiger charge is 2.41. The van der Waals surface area contributed by atoms with Crippen LogP contribution < -0.4 is 9.46 Å². The number of hydrogen-bond acceptors (Lipinski definition) is 3. The lowest BCUT2D eigenvalue weighted by Gasteiger charge is -2.30. The summed E-state index contributed by atoms with van der Waals surface area (Å²) in [4.78, 5) is 13.2. The Morgan fingerprint density at radius 1 is 1.06 bits per heavy atom. The molecule has 0 unspecified atom stereocenters. The molecule has 1 amide bonds. The van der Waals surface area contributed by atoms with E-state index in [4.69, 9.17) is 4.74 Å². The van der Waals surface area contributed by atoms with Crippen LogP contribution in [0.25, 0.3) is 11.1 Å². The van der Waals surface area contributed by atoms with E-state index in [0.717, 1.165) is 72.9 Å². The Morgan fingerprint density at radius 2 is 1.79 bits per heavy atom. The highest BCUT2D eigenvalue weighted by Crippen LogP contribution is 2.48. The number of halogens is 1. The second kappa shape index (κ2) is 9.22. The molecule has 3 fully saturated rings. The number of hydrogen-bond donors (Lipinski definition) is 1. The third-order valence-electron chi connectivity index (χ3n) is 8.07. The standard InChI is InChI=1S/C29H36FNO2S/c1-28(2,27(32)31-34-29(3)16-17-29)20-14-15-25(33-21-10-4-5-11-21)23(18-20)22-12-7-13-24(30)26(22)19-8-6-9-19/h7,12-15,18-19,21H,4-6,8-11,16-17H2,1-3H3,(H,31,32). The molecule has 0 radical (unpaired) electrons. The molecule has 34 heavy (non-hydrogen) atoms. The maximum absolute atomic E-state index is 15.1. The number of amides is 1. The zero-order valence-electron chi connectivity index (χ0n) is 20.6. The van der Waals surface area contributed by atoms with Crippen LogP contribution in [0.1, 0.15) is 95.6 Å². The number of ether oxygens (including phenoxy) is 1. The van der Waals surface area contributed by atoms with E-state index >= 15 is 4.39 Å². The Morgan fingerprint density at radius 3 is 2.44 bits per heavy atom. The van der Waals surface area contributed by atoms with Crippen molar-refractivity contribution in [3.8, 4) is 16.9 Å². The maximum Gasteiger partial charge on any atom is 0.239 e. The molecule has 0 saturated heterocycles. The van der Waals surface area contributed by atoms with Gasteiger partial charge in [0.2, 0.25) is 5.91 Å². The minimum atomic E-state index is -0.719. The van der Waals surface area contributed by atoms with Gasteiger partial charge in [0, 0.05) is 10.3 Å². The van der Waals surface area contributed by atoms with Crippen molar-refractivity contribution < 1.29 is 13.9 Å². The molecule has 0 spiro atoms. The Hall–Kier alpha value is -2.01. The van der Waals surface area contributed by atoms with Gasteiger partial charge in [0.05, 0.1) is 11.5 Å². The van der Waals surface area contributed by atoms with Gasteiger partial charge in [0.25, 0.3) is 0 Å². The van der Waals surface area contributed by atoms with Crippen LogP contribution in [0, 0.1) is 5.82 Å². The zero-order valence-corrected chi connectivity index (χ0v) is 21.4. The SMILES string of the molecule is CC1(SNC(=O)C(C)(C)c2ccc(OC3CCCC3)c(-c3cccc(F)c3C3CCC3)c2)CC1. The molecule has 0 bridgehead atoms. The Labute approximate surface area is 207 Å². The fraction of sp³-hybridized carbons (Fsp3) is 0.552. The normalized spacial score (nSPS) is 20.1. The number of nitrogens with one attached hydrogen (secondary N) is 1. The quantitative estimate of drug-likeness (QED) is 0.393. The Bertz CT molecular complexity index is 1070. The van der Waals surface area contributed by atoms with Crippen molar-refractivity contribution in [2.24, 2.45) is 0 Å². The summed E-state index contributed by atoms with van der Waals surface area (Å²) in [7, 11) is 0. The van der Waals surface area contributed by atoms with E-state index in [0.29, 0.717) is 0 Å². The maximum atomic E-state index is 15.1. The van der Waals surface area contributed by atoms with Crippen LogP contribution in [0.3, 0.4) is 0 Å². The lowest BCUT2D eigenvalue weighted by Crippen LogP contribution is -2.37. The summed E-state index contributed by atoms with van der Waals surface area (Å²) in [6, 6.07) is 11.5. The zero-order chi connectivity index (χ0) is 23.9. The molecule has 0 aromatic heterocycles. The number of rotatable bonds is 8. The highest BCUT2D eigenvalue weighted by atomic mass is 32.2. The second-order valence-electron chi connectivity index (χ2n) is 11.2. The smallest absolute Gasteiger partial charge is 0.239 e. The van der Waals surface area contributed by atoms with Gasteiger partial charge < -0.3 is 4.74 Å². The van der Waals surface area contributed by atoms with Gasteiger partial charge in [-0.1, -0.05) is 24.6 Å². The summed E-state index contributed by atoms with van der Waals surface area (Å²) >= 11 is 1.54. The molecule has 182 valence electrons. The first-order valence-corrected chi connectivity index (χ1v) is 13.7. The molecular weight excluding hydrogens is 445 g/mol. The molecule has 5 rings (SSSR count). The van der Waals surface area contributed by atoms with Gasteiger partial charge in [-0.25, -0.2) is 4.39 Å². The fourth-order valence-electron chi connectivity index (χ4n) is 5.01. The topological polar surface area (TPSA) is 38.3 Å². The van der Waals surface area contributed by atoms with Crippen LogP contribution in [-0.2, 0) is 10.2 Å². The predicted octanol–water partition coefficient (Wildman–Crippen LogP) is 7.68. The van der Waals surface area contributed by atoms with Crippen molar-refractivity contribution in [2.75, 3.05) is 0 Å². The Balaban J connectivity index is 1.53. The van der Waals surface area contributed by atoms with Crippen LogP contribution in [0.4, 0.5) is 4.39 Å². The number of benzene rings is 2. The van der Waals surface area contributed by atoms with Crippen LogP contribution >= 0.6 is 11.9 Å². The summed E-state index contributed by atoms with van der Waals surface area (Å²) in [5, 5.41) is 0. The van der Waals surface area contributed by atoms with Crippen molar-refractivity contribution in [1.82, 2.24) is 4.72 Å². The summed E-state index contributed by atoms with van der Waals surface area (Å²) in [6.07, 6.45) is 10.2. The van der Waals surface area contributed by atoms with Crippen LogP contribution in [-0.4, -0.2) is 16.8 Å². The largest absolute Gasteiger partial charge is 0.490 e. The van der Waals surface area contributed by atoms with Gasteiger partial charge in [-0.2, -0.15) is 0 Å². The molecule has 5 heteroatoms. The average molecular weight is 482 g/mol. The first-order chi connectivity index (χ1) is 16.3. The van der Waals surface area contributed by atoms with Crippen molar-refractivity contribution in [1.29, 1.82) is 0 Å². The van der Waals surface area contributed by atoms with Gasteiger partial charge >= 0.3 is 0 Å². The molecule has 0 atom stereocenters. The first kappa shape index (κ1) is 23.7. The van der Waals surface area contributed by atoms with Gasteiger partial charge in [-0.3, -0.25) is 9.52 Å². The van der Waals surface area contributed by atoms with E-state index in [-0.39, 0.29) is 28.5 Å². The highest BCUT2D eigenvalue weighted by molar-refractivity contribution is 7.99. The monoisotopic (exact) mass is 481 g/mol. The van der Waals surface area contributed by atoms with E-state index in [2.05, 4.69) is 17.7 Å². The van der Waals surface area contributed by atoms with Crippen molar-refractivity contribution in [3.05, 3.63) is 53.3 Å². The van der Waals surface area contributed by atoms with Gasteiger partial charge in [0.1, 0.15) is 11.6 Å². The molecule has 2 aromatic rings. The third-order valence-corrected chi connectivity index (χ3v) is 9.25.